The number of nitrogens with two attached hydrogens (primary N) is 1. The molecule has 0 bridgehead atoms. The fraction of sp³-hybridized carbons (Fsp3) is 0.375. The molecule has 1 amide bonds. The van der Waals surface area contributed by atoms with Crippen LogP contribution in [0.25, 0.3) is 0 Å². The Kier molecular flexibility index (Phi) is 6.92. The molecular weight excluding hydrogens is 243 g/mol. The normalized spacial score (nSPS) is 9.29. The van der Waals surface area contributed by atoms with Crippen molar-refractivity contribution in [2.24, 2.45) is 5.73 Å². The van der Waals surface area contributed by atoms with Crippen LogP contribution in [0.5, 0.6) is 0 Å². The first-order chi connectivity index (χ1) is 6.22. The lowest BCUT2D eigenvalue weighted by Gasteiger charge is -2.00. The summed E-state index contributed by atoms with van der Waals surface area (Å²) in [6.45, 7) is 0.665. The average molecular weight is 255 g/mol. The van der Waals surface area contributed by atoms with E-state index in [1.807, 2.05) is 12.1 Å². The quantitative estimate of drug-likeness (QED) is 0.855. The first-order valence-corrected chi connectivity index (χ1v) is 5.13. The SMILES string of the molecule is Cl.NCC(=O)NCCc1ccc(Cl)s1. The maximum Gasteiger partial charge on any atom is 0.233 e. The monoisotopic (exact) mass is 254 g/mol. The summed E-state index contributed by atoms with van der Waals surface area (Å²) in [4.78, 5) is 11.9. The fourth-order valence-electron chi connectivity index (χ4n) is 0.883. The van der Waals surface area contributed by atoms with E-state index in [9.17, 15) is 4.79 Å². The number of thiophene rings is 1. The molecule has 0 fully saturated rings. The average Bonchev–Trinajstić information content (AvgIpc) is 2.51. The van der Waals surface area contributed by atoms with Gasteiger partial charge in [0, 0.05) is 11.4 Å². The third-order valence-corrected chi connectivity index (χ3v) is 2.80. The van der Waals surface area contributed by atoms with Gasteiger partial charge >= 0.3 is 0 Å². The van der Waals surface area contributed by atoms with Gasteiger partial charge in [0.1, 0.15) is 0 Å². The van der Waals surface area contributed by atoms with E-state index in [2.05, 4.69) is 5.32 Å². The Morgan fingerprint density at radius 2 is 2.29 bits per heavy atom. The summed E-state index contributed by atoms with van der Waals surface area (Å²) in [5, 5.41) is 2.69. The van der Waals surface area contributed by atoms with E-state index >= 15 is 0 Å². The molecule has 3 N–H and O–H groups in total. The predicted octanol–water partition coefficient (Wildman–Crippen LogP) is 1.44. The topological polar surface area (TPSA) is 55.1 Å². The van der Waals surface area contributed by atoms with Crippen LogP contribution in [-0.2, 0) is 11.2 Å². The zero-order valence-corrected chi connectivity index (χ0v) is 9.85. The molecule has 1 aromatic heterocycles. The summed E-state index contributed by atoms with van der Waals surface area (Å²) in [6.07, 6.45) is 0.809. The van der Waals surface area contributed by atoms with Gasteiger partial charge in [-0.25, -0.2) is 0 Å². The van der Waals surface area contributed by atoms with Crippen molar-refractivity contribution in [1.82, 2.24) is 5.32 Å². The van der Waals surface area contributed by atoms with Crippen molar-refractivity contribution in [3.63, 3.8) is 0 Å². The molecule has 0 aliphatic rings. The van der Waals surface area contributed by atoms with Crippen LogP contribution in [0, 0.1) is 0 Å². The minimum Gasteiger partial charge on any atom is -0.355 e. The smallest absolute Gasteiger partial charge is 0.233 e. The first kappa shape index (κ1) is 13.7. The molecule has 0 saturated carbocycles. The zero-order chi connectivity index (χ0) is 9.68. The number of hydrogen-bond donors (Lipinski definition) is 2. The van der Waals surface area contributed by atoms with Gasteiger partial charge in [0.05, 0.1) is 10.9 Å². The van der Waals surface area contributed by atoms with Crippen LogP contribution in [-0.4, -0.2) is 19.0 Å². The second kappa shape index (κ2) is 7.06. The van der Waals surface area contributed by atoms with Crippen LogP contribution in [0.1, 0.15) is 4.88 Å². The highest BCUT2D eigenvalue weighted by Crippen LogP contribution is 2.21. The third kappa shape index (κ3) is 4.81. The first-order valence-electron chi connectivity index (χ1n) is 3.93. The largest absolute Gasteiger partial charge is 0.355 e. The maximum absolute atomic E-state index is 10.7. The molecule has 1 rings (SSSR count). The van der Waals surface area contributed by atoms with Gasteiger partial charge in [-0.15, -0.1) is 23.7 Å². The maximum atomic E-state index is 10.7. The number of carbonyl (C=O) groups is 1. The van der Waals surface area contributed by atoms with Gasteiger partial charge in [-0.05, 0) is 18.6 Å². The lowest BCUT2D eigenvalue weighted by Crippen LogP contribution is -2.31. The van der Waals surface area contributed by atoms with Gasteiger partial charge in [-0.1, -0.05) is 11.6 Å². The summed E-state index contributed by atoms with van der Waals surface area (Å²) in [5.74, 6) is -0.123. The lowest BCUT2D eigenvalue weighted by molar-refractivity contribution is -0.119. The number of nitrogens with one attached hydrogen (secondary N) is 1. The molecule has 0 radical (unpaired) electrons. The third-order valence-electron chi connectivity index (χ3n) is 1.51. The van der Waals surface area contributed by atoms with Gasteiger partial charge in [0.15, 0.2) is 0 Å². The van der Waals surface area contributed by atoms with E-state index in [0.717, 1.165) is 10.8 Å². The van der Waals surface area contributed by atoms with E-state index in [4.69, 9.17) is 17.3 Å². The molecule has 0 saturated heterocycles. The Labute approximate surface area is 98.0 Å². The van der Waals surface area contributed by atoms with Crippen molar-refractivity contribution in [1.29, 1.82) is 0 Å². The summed E-state index contributed by atoms with van der Waals surface area (Å²) < 4.78 is 0.778. The lowest BCUT2D eigenvalue weighted by atomic mass is 10.3. The van der Waals surface area contributed by atoms with Gasteiger partial charge in [0.2, 0.25) is 5.91 Å². The van der Waals surface area contributed by atoms with E-state index in [0.29, 0.717) is 6.54 Å². The van der Waals surface area contributed by atoms with Crippen molar-refractivity contribution in [2.45, 2.75) is 6.42 Å². The molecular formula is C8H12Cl2N2OS. The van der Waals surface area contributed by atoms with Crippen molar-refractivity contribution in [2.75, 3.05) is 13.1 Å². The molecule has 3 nitrogen and oxygen atoms in total. The van der Waals surface area contributed by atoms with Crippen LogP contribution < -0.4 is 11.1 Å². The molecule has 14 heavy (non-hydrogen) atoms. The van der Waals surface area contributed by atoms with Crippen LogP contribution in [0.2, 0.25) is 4.34 Å². The highest BCUT2D eigenvalue weighted by molar-refractivity contribution is 7.16. The van der Waals surface area contributed by atoms with Crippen LogP contribution >= 0.6 is 35.3 Å². The molecule has 1 aromatic rings. The number of hydrogen-bond acceptors (Lipinski definition) is 3. The minimum absolute atomic E-state index is 0. The zero-order valence-electron chi connectivity index (χ0n) is 7.46. The summed E-state index contributed by atoms with van der Waals surface area (Å²) in [5.41, 5.74) is 5.13. The highest BCUT2D eigenvalue weighted by atomic mass is 35.5. The van der Waals surface area contributed by atoms with Crippen LogP contribution in [0.4, 0.5) is 0 Å². The molecule has 0 aliphatic carbocycles. The standard InChI is InChI=1S/C8H11ClN2OS.ClH/c9-7-2-1-6(13-7)3-4-11-8(12)5-10;/h1-2H,3-5,10H2,(H,11,12);1H. The van der Waals surface area contributed by atoms with Crippen molar-refractivity contribution < 1.29 is 4.79 Å². The van der Waals surface area contributed by atoms with Crippen molar-refractivity contribution in [3.05, 3.63) is 21.3 Å². The Bertz CT molecular complexity index is 291. The fourth-order valence-corrected chi connectivity index (χ4v) is 1.97. The minimum atomic E-state index is -0.123. The van der Waals surface area contributed by atoms with Crippen LogP contribution in [0.3, 0.4) is 0 Å². The number of halogens is 2. The van der Waals surface area contributed by atoms with E-state index in [1.54, 1.807) is 0 Å². The summed E-state index contributed by atoms with van der Waals surface area (Å²) in [7, 11) is 0. The molecule has 0 unspecified atom stereocenters. The van der Waals surface area contributed by atoms with E-state index < -0.39 is 0 Å². The molecule has 0 atom stereocenters. The Morgan fingerprint density at radius 1 is 1.57 bits per heavy atom. The van der Waals surface area contributed by atoms with E-state index in [1.165, 1.54) is 16.2 Å². The predicted molar refractivity (Wildman–Crippen MR) is 62.3 cm³/mol. The number of amides is 1. The molecule has 80 valence electrons. The van der Waals surface area contributed by atoms with Crippen molar-refractivity contribution >= 4 is 41.3 Å². The van der Waals surface area contributed by atoms with Gasteiger partial charge in [-0.3, -0.25) is 4.79 Å². The second-order valence-corrected chi connectivity index (χ2v) is 4.31. The molecule has 0 aromatic carbocycles. The number of rotatable bonds is 4. The second-order valence-electron chi connectivity index (χ2n) is 2.51. The van der Waals surface area contributed by atoms with Gasteiger partial charge in [0.25, 0.3) is 0 Å². The Hall–Kier alpha value is -0.290. The van der Waals surface area contributed by atoms with Crippen molar-refractivity contribution in [3.8, 4) is 0 Å². The molecule has 0 spiro atoms. The highest BCUT2D eigenvalue weighted by Gasteiger charge is 1.99. The van der Waals surface area contributed by atoms with Gasteiger partial charge in [-0.2, -0.15) is 0 Å². The number of carbonyl (C=O) groups excluding carboxylic acids is 1. The molecule has 0 aliphatic heterocycles. The Morgan fingerprint density at radius 3 is 2.79 bits per heavy atom. The molecule has 6 heteroatoms. The summed E-state index contributed by atoms with van der Waals surface area (Å²) >= 11 is 7.27. The Balaban J connectivity index is 0.00000169. The van der Waals surface area contributed by atoms with E-state index in [-0.39, 0.29) is 24.9 Å². The molecule has 1 heterocycles. The van der Waals surface area contributed by atoms with Crippen LogP contribution in [0.15, 0.2) is 12.1 Å². The van der Waals surface area contributed by atoms with Gasteiger partial charge < -0.3 is 11.1 Å². The summed E-state index contributed by atoms with van der Waals surface area (Å²) in [6, 6.07) is 3.81.